The minimum atomic E-state index is -0.402. The van der Waals surface area contributed by atoms with Crippen molar-refractivity contribution in [3.05, 3.63) is 29.6 Å². The van der Waals surface area contributed by atoms with Gasteiger partial charge in [-0.1, -0.05) is 0 Å². The van der Waals surface area contributed by atoms with Crippen LogP contribution in [-0.4, -0.2) is 35.4 Å². The van der Waals surface area contributed by atoms with E-state index in [1.807, 2.05) is 0 Å². The molecule has 1 aromatic heterocycles. The number of methoxy groups -OCH3 is 1. The number of carbonyl (C=O) groups is 2. The van der Waals surface area contributed by atoms with Crippen LogP contribution in [0.15, 0.2) is 18.3 Å². The van der Waals surface area contributed by atoms with Gasteiger partial charge < -0.3 is 9.64 Å². The van der Waals surface area contributed by atoms with Crippen LogP contribution in [0.25, 0.3) is 0 Å². The summed E-state index contributed by atoms with van der Waals surface area (Å²) in [6.45, 7) is 1.31. The minimum Gasteiger partial charge on any atom is -0.465 e. The van der Waals surface area contributed by atoms with E-state index in [9.17, 15) is 9.59 Å². The molecule has 1 fully saturated rings. The lowest BCUT2D eigenvalue weighted by atomic mass is 10.2. The molecule has 0 saturated carbocycles. The van der Waals surface area contributed by atoms with Crippen LogP contribution in [0.3, 0.4) is 0 Å². The first-order chi connectivity index (χ1) is 8.20. The van der Waals surface area contributed by atoms with Gasteiger partial charge in [-0.25, -0.2) is 4.79 Å². The summed E-state index contributed by atoms with van der Waals surface area (Å²) >= 11 is 0. The van der Waals surface area contributed by atoms with E-state index in [0.717, 1.165) is 18.7 Å². The summed E-state index contributed by atoms with van der Waals surface area (Å²) in [4.78, 5) is 28.5. The van der Waals surface area contributed by atoms with Gasteiger partial charge in [-0.05, 0) is 18.6 Å². The van der Waals surface area contributed by atoms with E-state index in [2.05, 4.69) is 9.72 Å². The van der Waals surface area contributed by atoms with Crippen molar-refractivity contribution >= 4 is 11.9 Å². The quantitative estimate of drug-likeness (QED) is 0.732. The number of nitrogens with zero attached hydrogens (tertiary/aromatic N) is 2. The Morgan fingerprint density at radius 1 is 1.53 bits per heavy atom. The Bertz CT molecular complexity index is 428. The maximum atomic E-state index is 11.4. The second-order valence-corrected chi connectivity index (χ2v) is 3.95. The van der Waals surface area contributed by atoms with Gasteiger partial charge in [0.15, 0.2) is 0 Å². The zero-order chi connectivity index (χ0) is 12.3. The van der Waals surface area contributed by atoms with E-state index in [1.165, 1.54) is 13.3 Å². The van der Waals surface area contributed by atoms with Crippen LogP contribution in [0, 0.1) is 0 Å². The molecule has 1 amide bonds. The molecule has 0 aliphatic carbocycles. The molecule has 0 unspecified atom stereocenters. The number of carbonyl (C=O) groups excluding carboxylic acids is 2. The number of pyridine rings is 1. The van der Waals surface area contributed by atoms with E-state index >= 15 is 0 Å². The maximum absolute atomic E-state index is 11.4. The van der Waals surface area contributed by atoms with Crippen molar-refractivity contribution in [1.29, 1.82) is 0 Å². The van der Waals surface area contributed by atoms with Gasteiger partial charge in [-0.2, -0.15) is 0 Å². The fourth-order valence-electron chi connectivity index (χ4n) is 1.82. The second kappa shape index (κ2) is 4.95. The third-order valence-electron chi connectivity index (χ3n) is 2.77. The lowest BCUT2D eigenvalue weighted by Gasteiger charge is -2.14. The first kappa shape index (κ1) is 11.6. The number of amides is 1. The third-order valence-corrected chi connectivity index (χ3v) is 2.77. The van der Waals surface area contributed by atoms with Gasteiger partial charge >= 0.3 is 5.97 Å². The van der Waals surface area contributed by atoms with Crippen LogP contribution >= 0.6 is 0 Å². The Kier molecular flexibility index (Phi) is 3.37. The molecule has 5 heteroatoms. The van der Waals surface area contributed by atoms with Gasteiger partial charge in [-0.15, -0.1) is 0 Å². The van der Waals surface area contributed by atoms with Gasteiger partial charge in [0.25, 0.3) is 0 Å². The lowest BCUT2D eigenvalue weighted by Crippen LogP contribution is -2.24. The predicted molar refractivity (Wildman–Crippen MR) is 60.2 cm³/mol. The molecule has 0 spiro atoms. The standard InChI is InChI=1S/C12H14N2O3/c1-17-12(16)9-4-5-10(13-7-9)8-14-6-2-3-11(14)15/h4-5,7H,2-3,6,8H2,1H3. The van der Waals surface area contributed by atoms with Crippen LogP contribution < -0.4 is 0 Å². The normalized spacial score (nSPS) is 15.1. The van der Waals surface area contributed by atoms with E-state index < -0.39 is 5.97 Å². The minimum absolute atomic E-state index is 0.170. The van der Waals surface area contributed by atoms with Gasteiger partial charge in [0.2, 0.25) is 5.91 Å². The Hall–Kier alpha value is -1.91. The van der Waals surface area contributed by atoms with Crippen LogP contribution in [0.1, 0.15) is 28.9 Å². The fourth-order valence-corrected chi connectivity index (χ4v) is 1.82. The highest BCUT2D eigenvalue weighted by Gasteiger charge is 2.20. The van der Waals surface area contributed by atoms with Crippen molar-refractivity contribution in [3.63, 3.8) is 0 Å². The molecule has 5 nitrogen and oxygen atoms in total. The zero-order valence-electron chi connectivity index (χ0n) is 9.68. The molecular formula is C12H14N2O3. The smallest absolute Gasteiger partial charge is 0.339 e. The van der Waals surface area contributed by atoms with Crippen LogP contribution in [0.2, 0.25) is 0 Å². The molecule has 2 heterocycles. The highest BCUT2D eigenvalue weighted by Crippen LogP contribution is 2.13. The summed E-state index contributed by atoms with van der Waals surface area (Å²) in [5, 5.41) is 0. The Balaban J connectivity index is 2.03. The molecule has 2 rings (SSSR count). The summed E-state index contributed by atoms with van der Waals surface area (Å²) in [5.41, 5.74) is 1.21. The predicted octanol–water partition coefficient (Wildman–Crippen LogP) is 0.991. The molecule has 0 radical (unpaired) electrons. The monoisotopic (exact) mass is 234 g/mol. The fraction of sp³-hybridized carbons (Fsp3) is 0.417. The summed E-state index contributed by atoms with van der Waals surface area (Å²) in [6.07, 6.45) is 3.01. The molecule has 90 valence electrons. The van der Waals surface area contributed by atoms with E-state index in [-0.39, 0.29) is 5.91 Å². The molecule has 1 aliphatic heterocycles. The van der Waals surface area contributed by atoms with Gasteiger partial charge in [0, 0.05) is 19.2 Å². The molecule has 1 aliphatic rings. The van der Waals surface area contributed by atoms with Crippen LogP contribution in [0.4, 0.5) is 0 Å². The Morgan fingerprint density at radius 2 is 2.35 bits per heavy atom. The number of aromatic nitrogens is 1. The number of rotatable bonds is 3. The van der Waals surface area contributed by atoms with E-state index in [4.69, 9.17) is 0 Å². The molecular weight excluding hydrogens is 220 g/mol. The van der Waals surface area contributed by atoms with Crippen molar-refractivity contribution in [1.82, 2.24) is 9.88 Å². The molecule has 0 aromatic carbocycles. The molecule has 0 bridgehead atoms. The van der Waals surface area contributed by atoms with Crippen LogP contribution in [-0.2, 0) is 16.1 Å². The van der Waals surface area contributed by atoms with Crippen LogP contribution in [0.5, 0.6) is 0 Å². The number of esters is 1. The van der Waals surface area contributed by atoms with E-state index in [0.29, 0.717) is 18.5 Å². The summed E-state index contributed by atoms with van der Waals surface area (Å²) < 4.78 is 4.58. The van der Waals surface area contributed by atoms with Gasteiger partial charge in [-0.3, -0.25) is 9.78 Å². The first-order valence-corrected chi connectivity index (χ1v) is 5.51. The largest absolute Gasteiger partial charge is 0.465 e. The molecule has 1 aromatic rings. The molecule has 0 N–H and O–H groups in total. The highest BCUT2D eigenvalue weighted by atomic mass is 16.5. The van der Waals surface area contributed by atoms with Crippen molar-refractivity contribution in [2.75, 3.05) is 13.7 Å². The zero-order valence-corrected chi connectivity index (χ0v) is 9.68. The average Bonchev–Trinajstić information content (AvgIpc) is 2.75. The van der Waals surface area contributed by atoms with Gasteiger partial charge in [0.1, 0.15) is 0 Å². The SMILES string of the molecule is COC(=O)c1ccc(CN2CCCC2=O)nc1. The highest BCUT2D eigenvalue weighted by molar-refractivity contribution is 5.88. The lowest BCUT2D eigenvalue weighted by molar-refractivity contribution is -0.128. The summed E-state index contributed by atoms with van der Waals surface area (Å²) in [6, 6.07) is 3.41. The number of ether oxygens (including phenoxy) is 1. The van der Waals surface area contributed by atoms with Crippen molar-refractivity contribution < 1.29 is 14.3 Å². The number of hydrogen-bond acceptors (Lipinski definition) is 4. The number of likely N-dealkylation sites (tertiary alicyclic amines) is 1. The average molecular weight is 234 g/mol. The maximum Gasteiger partial charge on any atom is 0.339 e. The summed E-state index contributed by atoms with van der Waals surface area (Å²) in [5.74, 6) is -0.231. The third kappa shape index (κ3) is 2.61. The Morgan fingerprint density at radius 3 is 2.88 bits per heavy atom. The van der Waals surface area contributed by atoms with E-state index in [1.54, 1.807) is 17.0 Å². The first-order valence-electron chi connectivity index (χ1n) is 5.51. The number of hydrogen-bond donors (Lipinski definition) is 0. The van der Waals surface area contributed by atoms with Crippen molar-refractivity contribution in [2.45, 2.75) is 19.4 Å². The Labute approximate surface area is 99.4 Å². The molecule has 0 atom stereocenters. The van der Waals surface area contributed by atoms with Crippen molar-refractivity contribution in [3.8, 4) is 0 Å². The van der Waals surface area contributed by atoms with Gasteiger partial charge in [0.05, 0.1) is 24.9 Å². The molecule has 1 saturated heterocycles. The summed E-state index contributed by atoms with van der Waals surface area (Å²) in [7, 11) is 1.33. The van der Waals surface area contributed by atoms with Crippen molar-refractivity contribution in [2.24, 2.45) is 0 Å². The second-order valence-electron chi connectivity index (χ2n) is 3.95. The topological polar surface area (TPSA) is 59.5 Å². The molecule has 17 heavy (non-hydrogen) atoms.